The minimum Gasteiger partial charge on any atom is -0.466 e. The largest absolute Gasteiger partial charge is 0.466 e. The number of methoxy groups -OCH3 is 1. The molecule has 3 aliphatic carbocycles. The summed E-state index contributed by atoms with van der Waals surface area (Å²) in [5.41, 5.74) is 0. The van der Waals surface area contributed by atoms with E-state index in [9.17, 15) is 4.79 Å². The zero-order chi connectivity index (χ0) is 12.3. The molecule has 1 aromatic heterocycles. The van der Waals surface area contributed by atoms with E-state index in [1.54, 1.807) is 0 Å². The van der Waals surface area contributed by atoms with Gasteiger partial charge in [0.15, 0.2) is 0 Å². The van der Waals surface area contributed by atoms with E-state index in [1.165, 1.54) is 26.4 Å². The first-order valence-electron chi connectivity index (χ1n) is 6.55. The number of hydrogen-bond acceptors (Lipinski definition) is 4. The number of nitrogens with zero attached hydrogens (tertiary/aromatic N) is 2. The van der Waals surface area contributed by atoms with E-state index >= 15 is 0 Å². The number of anilines is 1. The first kappa shape index (κ1) is 10.3. The second-order valence-electron chi connectivity index (χ2n) is 5.67. The quantitative estimate of drug-likeness (QED) is 0.837. The fourth-order valence-corrected chi connectivity index (χ4v) is 4.27. The third-order valence-electron chi connectivity index (χ3n) is 4.93. The van der Waals surface area contributed by atoms with Gasteiger partial charge in [0, 0.05) is 5.92 Å². The highest BCUT2D eigenvalue weighted by Crippen LogP contribution is 2.69. The van der Waals surface area contributed by atoms with Crippen LogP contribution in [0.1, 0.15) is 19.3 Å². The van der Waals surface area contributed by atoms with Crippen molar-refractivity contribution >= 4 is 11.9 Å². The normalized spacial score (nSPS) is 39.5. The first-order valence-corrected chi connectivity index (χ1v) is 6.55. The molecule has 0 spiro atoms. The predicted octanol–water partition coefficient (Wildman–Crippen LogP) is 1.04. The number of hydrogen-bond donors (Lipinski definition) is 2. The molecule has 0 radical (unpaired) electrons. The smallest absolute Gasteiger partial charge is 0.336 e. The highest BCUT2D eigenvalue weighted by molar-refractivity contribution is 5.93. The molecule has 0 aromatic carbocycles. The maximum absolute atomic E-state index is 12.2. The fourth-order valence-electron chi connectivity index (χ4n) is 4.27. The van der Waals surface area contributed by atoms with Gasteiger partial charge in [0.25, 0.3) is 0 Å². The third-order valence-corrected chi connectivity index (χ3v) is 4.93. The van der Waals surface area contributed by atoms with Crippen LogP contribution in [0.15, 0.2) is 0 Å². The van der Waals surface area contributed by atoms with Crippen LogP contribution in [0.25, 0.3) is 0 Å². The number of aromatic amines is 1. The molecule has 4 unspecified atom stereocenters. The van der Waals surface area contributed by atoms with Gasteiger partial charge in [-0.3, -0.25) is 10.1 Å². The Hall–Kier alpha value is -1.59. The van der Waals surface area contributed by atoms with Gasteiger partial charge in [0.1, 0.15) is 0 Å². The molecule has 1 amide bonds. The molecule has 3 saturated carbocycles. The topological polar surface area (TPSA) is 79.9 Å². The van der Waals surface area contributed by atoms with Crippen molar-refractivity contribution in [2.75, 3.05) is 12.4 Å². The summed E-state index contributed by atoms with van der Waals surface area (Å²) in [7, 11) is 1.50. The van der Waals surface area contributed by atoms with Crippen LogP contribution in [0.2, 0.25) is 0 Å². The molecule has 3 aliphatic rings. The van der Waals surface area contributed by atoms with E-state index in [-0.39, 0.29) is 17.8 Å². The molecule has 1 heterocycles. The fraction of sp³-hybridized carbons (Fsp3) is 0.750. The van der Waals surface area contributed by atoms with Crippen molar-refractivity contribution in [2.24, 2.45) is 29.6 Å². The molecule has 18 heavy (non-hydrogen) atoms. The van der Waals surface area contributed by atoms with Crippen LogP contribution in [0, 0.1) is 29.6 Å². The Bertz CT molecular complexity index is 484. The number of aromatic nitrogens is 3. The number of fused-ring (bicyclic) bond motifs is 5. The second kappa shape index (κ2) is 3.46. The van der Waals surface area contributed by atoms with Crippen LogP contribution in [-0.4, -0.2) is 28.2 Å². The van der Waals surface area contributed by atoms with Crippen LogP contribution in [-0.2, 0) is 4.79 Å². The number of amides is 1. The minimum absolute atomic E-state index is 0.0976. The second-order valence-corrected chi connectivity index (χ2v) is 5.67. The lowest BCUT2D eigenvalue weighted by Gasteiger charge is -2.07. The number of nitrogens with one attached hydrogen (secondary N) is 2. The summed E-state index contributed by atoms with van der Waals surface area (Å²) >= 11 is 0. The summed E-state index contributed by atoms with van der Waals surface area (Å²) in [4.78, 5) is 16.2. The highest BCUT2D eigenvalue weighted by atomic mass is 16.5. The van der Waals surface area contributed by atoms with E-state index in [4.69, 9.17) is 4.74 Å². The van der Waals surface area contributed by atoms with Crippen LogP contribution >= 0.6 is 0 Å². The standard InChI is InChI=1S/C12H16N4O2/c1-18-12-14-11(15-16-12)13-10(17)9-7-5-2-3-6(4-5)8(7)9/h5-9H,2-4H2,1H3,(H2,13,14,15,16,17). The maximum Gasteiger partial charge on any atom is 0.336 e. The summed E-state index contributed by atoms with van der Waals surface area (Å²) in [5.74, 6) is 3.60. The molecule has 6 nitrogen and oxygen atoms in total. The lowest BCUT2D eigenvalue weighted by atomic mass is 10.0. The molecule has 2 bridgehead atoms. The zero-order valence-electron chi connectivity index (χ0n) is 10.2. The van der Waals surface area contributed by atoms with E-state index in [1.807, 2.05) is 0 Å². The molecule has 4 rings (SSSR count). The van der Waals surface area contributed by atoms with E-state index in [2.05, 4.69) is 20.5 Å². The Balaban J connectivity index is 1.43. The van der Waals surface area contributed by atoms with Gasteiger partial charge in [-0.1, -0.05) is 0 Å². The average molecular weight is 248 g/mol. The Morgan fingerprint density at radius 2 is 2.11 bits per heavy atom. The van der Waals surface area contributed by atoms with Gasteiger partial charge in [-0.15, -0.1) is 5.10 Å². The van der Waals surface area contributed by atoms with Gasteiger partial charge in [0.05, 0.1) is 7.11 Å². The SMILES string of the molecule is COc1n[nH]c(NC(=O)C2C3C4CCC(C4)C23)n1. The van der Waals surface area contributed by atoms with Crippen molar-refractivity contribution in [3.63, 3.8) is 0 Å². The Morgan fingerprint density at radius 1 is 1.39 bits per heavy atom. The molecule has 1 aromatic rings. The van der Waals surface area contributed by atoms with E-state index < -0.39 is 0 Å². The molecule has 3 fully saturated rings. The lowest BCUT2D eigenvalue weighted by Crippen LogP contribution is -2.19. The molecule has 0 aliphatic heterocycles. The van der Waals surface area contributed by atoms with Crippen molar-refractivity contribution in [1.82, 2.24) is 15.2 Å². The number of rotatable bonds is 3. The van der Waals surface area contributed by atoms with Gasteiger partial charge in [-0.25, -0.2) is 5.10 Å². The number of carbonyl (C=O) groups is 1. The van der Waals surface area contributed by atoms with Gasteiger partial charge in [0.2, 0.25) is 11.9 Å². The molecular formula is C12H16N4O2. The molecule has 4 atom stereocenters. The zero-order valence-corrected chi connectivity index (χ0v) is 10.2. The minimum atomic E-state index is 0.0976. The Kier molecular flexibility index (Phi) is 1.99. The highest BCUT2D eigenvalue weighted by Gasteiger charge is 2.67. The van der Waals surface area contributed by atoms with E-state index in [0.29, 0.717) is 17.8 Å². The molecule has 6 heteroatoms. The van der Waals surface area contributed by atoms with Crippen LogP contribution in [0.4, 0.5) is 5.95 Å². The molecule has 2 N–H and O–H groups in total. The first-order chi connectivity index (χ1) is 8.78. The number of carbonyl (C=O) groups excluding carboxylic acids is 1. The van der Waals surface area contributed by atoms with Gasteiger partial charge >= 0.3 is 6.01 Å². The molecule has 0 saturated heterocycles. The van der Waals surface area contributed by atoms with Crippen LogP contribution in [0.3, 0.4) is 0 Å². The monoisotopic (exact) mass is 248 g/mol. The summed E-state index contributed by atoms with van der Waals surface area (Å²) in [5, 5.41) is 9.27. The third kappa shape index (κ3) is 1.31. The number of ether oxygens (including phenoxy) is 1. The summed E-state index contributed by atoms with van der Waals surface area (Å²) in [6.45, 7) is 0. The van der Waals surface area contributed by atoms with Crippen molar-refractivity contribution in [3.05, 3.63) is 0 Å². The summed E-state index contributed by atoms with van der Waals surface area (Å²) < 4.78 is 4.87. The predicted molar refractivity (Wildman–Crippen MR) is 62.9 cm³/mol. The van der Waals surface area contributed by atoms with Crippen molar-refractivity contribution < 1.29 is 9.53 Å². The Labute approximate surface area is 105 Å². The van der Waals surface area contributed by atoms with Crippen molar-refractivity contribution in [3.8, 4) is 6.01 Å². The Morgan fingerprint density at radius 3 is 2.72 bits per heavy atom. The maximum atomic E-state index is 12.2. The molecular weight excluding hydrogens is 232 g/mol. The summed E-state index contributed by atoms with van der Waals surface area (Å²) in [6, 6.07) is 0.251. The van der Waals surface area contributed by atoms with Crippen LogP contribution in [0.5, 0.6) is 6.01 Å². The average Bonchev–Trinajstić information content (AvgIpc) is 2.73. The number of H-pyrrole nitrogens is 1. The van der Waals surface area contributed by atoms with Gasteiger partial charge in [-0.05, 0) is 42.9 Å². The van der Waals surface area contributed by atoms with Gasteiger partial charge < -0.3 is 4.74 Å². The van der Waals surface area contributed by atoms with Crippen molar-refractivity contribution in [2.45, 2.75) is 19.3 Å². The van der Waals surface area contributed by atoms with E-state index in [0.717, 1.165) is 11.8 Å². The molecule has 96 valence electrons. The summed E-state index contributed by atoms with van der Waals surface area (Å²) in [6.07, 6.45) is 4.01. The van der Waals surface area contributed by atoms with Gasteiger partial charge in [-0.2, -0.15) is 4.98 Å². The van der Waals surface area contributed by atoms with Crippen molar-refractivity contribution in [1.29, 1.82) is 0 Å². The lowest BCUT2D eigenvalue weighted by molar-refractivity contribution is -0.118. The van der Waals surface area contributed by atoms with Crippen LogP contribution < -0.4 is 10.1 Å².